The highest BCUT2D eigenvalue weighted by Gasteiger charge is 2.53. The van der Waals surface area contributed by atoms with Gasteiger partial charge in [0.2, 0.25) is 0 Å². The Morgan fingerprint density at radius 1 is 1.13 bits per heavy atom. The smallest absolute Gasteiger partial charge is 0.314 e. The molecule has 0 aromatic rings. The molecule has 0 aliphatic heterocycles. The third-order valence-corrected chi connectivity index (χ3v) is 2.07. The molecule has 0 spiro atoms. The first-order chi connectivity index (χ1) is 6.56. The maximum Gasteiger partial charge on any atom is 0.412 e. The molecule has 0 radical (unpaired) electrons. The molecule has 7 heteroatoms. The largest absolute Gasteiger partial charge is 0.412 e. The molecule has 0 fully saturated rings. The molecule has 2 N–H and O–H groups in total. The summed E-state index contributed by atoms with van der Waals surface area (Å²) >= 11 is 0. The quantitative estimate of drug-likeness (QED) is 0.637. The first kappa shape index (κ1) is 12.1. The highest BCUT2D eigenvalue weighted by molar-refractivity contribution is 5.31. The molecule has 1 rings (SSSR count). The first-order valence-corrected chi connectivity index (χ1v) is 3.87. The van der Waals surface area contributed by atoms with Gasteiger partial charge in [0.1, 0.15) is 5.54 Å². The Kier molecular flexibility index (Phi) is 2.63. The van der Waals surface area contributed by atoms with Gasteiger partial charge < -0.3 is 5.73 Å². The van der Waals surface area contributed by atoms with E-state index in [1.54, 1.807) is 0 Å². The monoisotopic (exact) mass is 231 g/mol. The molecule has 0 saturated heterocycles. The molecule has 1 atom stereocenters. The first-order valence-electron chi connectivity index (χ1n) is 3.87. The summed E-state index contributed by atoms with van der Waals surface area (Å²) in [7, 11) is 0. The Morgan fingerprint density at radius 3 is 2.07 bits per heavy atom. The zero-order valence-electron chi connectivity index (χ0n) is 7.28. The number of nitrogens with two attached hydrogens (primary N) is 1. The van der Waals surface area contributed by atoms with Gasteiger partial charge in [-0.3, -0.25) is 0 Å². The third-order valence-electron chi connectivity index (χ3n) is 2.07. The van der Waals surface area contributed by atoms with Gasteiger partial charge in [-0.15, -0.1) is 0 Å². The highest BCUT2D eigenvalue weighted by Crippen LogP contribution is 2.41. The number of alkyl halides is 6. The van der Waals surface area contributed by atoms with Crippen LogP contribution in [0.15, 0.2) is 23.8 Å². The van der Waals surface area contributed by atoms with Crippen LogP contribution in [0.2, 0.25) is 0 Å². The van der Waals surface area contributed by atoms with Gasteiger partial charge in [-0.05, 0) is 0 Å². The molecule has 0 bridgehead atoms. The number of halogens is 6. The van der Waals surface area contributed by atoms with Crippen molar-refractivity contribution in [1.82, 2.24) is 0 Å². The van der Waals surface area contributed by atoms with Crippen molar-refractivity contribution in [1.29, 1.82) is 0 Å². The number of hydrogen-bond acceptors (Lipinski definition) is 1. The van der Waals surface area contributed by atoms with Crippen LogP contribution in [0.25, 0.3) is 0 Å². The maximum atomic E-state index is 12.3. The Hall–Kier alpha value is -0.980. The van der Waals surface area contributed by atoms with Crippen molar-refractivity contribution in [3.63, 3.8) is 0 Å². The normalized spacial score (nSPS) is 27.8. The Bertz CT molecular complexity index is 310. The summed E-state index contributed by atoms with van der Waals surface area (Å²) in [5.74, 6) is 0. The molecule has 0 aromatic heterocycles. The van der Waals surface area contributed by atoms with E-state index in [1.165, 1.54) is 0 Å². The molecule has 1 nitrogen and oxygen atoms in total. The van der Waals surface area contributed by atoms with Gasteiger partial charge in [-0.2, -0.15) is 26.3 Å². The van der Waals surface area contributed by atoms with Crippen molar-refractivity contribution in [3.05, 3.63) is 23.8 Å². The summed E-state index contributed by atoms with van der Waals surface area (Å²) in [6.45, 7) is 0. The molecule has 1 aliphatic rings. The zero-order valence-corrected chi connectivity index (χ0v) is 7.28. The van der Waals surface area contributed by atoms with E-state index in [9.17, 15) is 26.3 Å². The van der Waals surface area contributed by atoms with E-state index >= 15 is 0 Å². The van der Waals surface area contributed by atoms with Crippen molar-refractivity contribution >= 4 is 0 Å². The van der Waals surface area contributed by atoms with Crippen LogP contribution < -0.4 is 5.73 Å². The molecule has 0 saturated carbocycles. The van der Waals surface area contributed by atoms with Crippen LogP contribution in [0.4, 0.5) is 26.3 Å². The van der Waals surface area contributed by atoms with Crippen molar-refractivity contribution in [2.45, 2.75) is 24.3 Å². The van der Waals surface area contributed by atoms with E-state index < -0.39 is 29.9 Å². The molecule has 0 aromatic carbocycles. The second-order valence-electron chi connectivity index (χ2n) is 3.26. The van der Waals surface area contributed by atoms with Crippen LogP contribution in [0.1, 0.15) is 6.42 Å². The summed E-state index contributed by atoms with van der Waals surface area (Å²) in [6, 6.07) is 0. The second kappa shape index (κ2) is 3.26. The van der Waals surface area contributed by atoms with Gasteiger partial charge in [0.15, 0.2) is 0 Å². The van der Waals surface area contributed by atoms with Crippen LogP contribution in [-0.4, -0.2) is 17.9 Å². The van der Waals surface area contributed by atoms with Crippen molar-refractivity contribution < 1.29 is 26.3 Å². The molecule has 1 unspecified atom stereocenters. The zero-order chi connectivity index (χ0) is 11.9. The Labute approximate surface area is 81.2 Å². The minimum atomic E-state index is -4.89. The van der Waals surface area contributed by atoms with Gasteiger partial charge in [0.25, 0.3) is 0 Å². The predicted octanol–water partition coefficient (Wildman–Crippen LogP) is 2.69. The van der Waals surface area contributed by atoms with E-state index in [1.807, 2.05) is 0 Å². The van der Waals surface area contributed by atoms with Crippen molar-refractivity contribution in [2.75, 3.05) is 0 Å². The summed E-state index contributed by atoms with van der Waals surface area (Å²) in [5, 5.41) is 0. The van der Waals surface area contributed by atoms with Crippen LogP contribution >= 0.6 is 0 Å². The van der Waals surface area contributed by atoms with Crippen molar-refractivity contribution in [2.24, 2.45) is 5.73 Å². The summed E-state index contributed by atoms with van der Waals surface area (Å²) in [6.07, 6.45) is -9.15. The summed E-state index contributed by atoms with van der Waals surface area (Å²) < 4.78 is 73.4. The van der Waals surface area contributed by atoms with Gasteiger partial charge in [0.05, 0.1) is 0 Å². The topological polar surface area (TPSA) is 26.0 Å². The Balaban J connectivity index is 2.99. The van der Waals surface area contributed by atoms with Gasteiger partial charge in [0, 0.05) is 12.0 Å². The second-order valence-corrected chi connectivity index (χ2v) is 3.26. The van der Waals surface area contributed by atoms with Crippen LogP contribution in [0.5, 0.6) is 0 Å². The minimum absolute atomic E-state index is 0.530. The maximum absolute atomic E-state index is 12.3. The van der Waals surface area contributed by atoms with E-state index in [2.05, 4.69) is 0 Å². The molecule has 0 amide bonds. The number of allylic oxidation sites excluding steroid dienone is 2. The fourth-order valence-electron chi connectivity index (χ4n) is 1.16. The van der Waals surface area contributed by atoms with Gasteiger partial charge in [-0.1, -0.05) is 18.2 Å². The third kappa shape index (κ3) is 2.34. The molecular weight excluding hydrogens is 224 g/mol. The van der Waals surface area contributed by atoms with E-state index in [0.29, 0.717) is 18.2 Å². The summed E-state index contributed by atoms with van der Waals surface area (Å²) in [5.41, 5.74) is 0.673. The fourth-order valence-corrected chi connectivity index (χ4v) is 1.16. The predicted molar refractivity (Wildman–Crippen MR) is 40.9 cm³/mol. The lowest BCUT2D eigenvalue weighted by Gasteiger charge is -2.32. The lowest BCUT2D eigenvalue weighted by atomic mass is 9.86. The molecule has 15 heavy (non-hydrogen) atoms. The number of hydrogen-bond donors (Lipinski definition) is 1. The van der Waals surface area contributed by atoms with Gasteiger partial charge in [-0.25, -0.2) is 0 Å². The highest BCUT2D eigenvalue weighted by atomic mass is 19.4. The molecule has 0 heterocycles. The van der Waals surface area contributed by atoms with Crippen LogP contribution in [0, 0.1) is 0 Å². The minimum Gasteiger partial charge on any atom is -0.314 e. The molecule has 1 aliphatic carbocycles. The lowest BCUT2D eigenvalue weighted by molar-refractivity contribution is -0.176. The summed E-state index contributed by atoms with van der Waals surface area (Å²) in [4.78, 5) is 0. The van der Waals surface area contributed by atoms with Crippen LogP contribution in [0.3, 0.4) is 0 Å². The average Bonchev–Trinajstić information content (AvgIpc) is 2.00. The van der Waals surface area contributed by atoms with Gasteiger partial charge >= 0.3 is 12.4 Å². The molecular formula is C8H7F6N. The molecule has 86 valence electrons. The average molecular weight is 231 g/mol. The standard InChI is InChI=1S/C8H7F6N/c9-7(10,11)5-2-1-3-6(15,4-5)8(12,13)14/h1-3H,4,15H2. The van der Waals surface area contributed by atoms with Crippen molar-refractivity contribution in [3.8, 4) is 0 Å². The lowest BCUT2D eigenvalue weighted by Crippen LogP contribution is -2.53. The van der Waals surface area contributed by atoms with Crippen LogP contribution in [-0.2, 0) is 0 Å². The van der Waals surface area contributed by atoms with E-state index in [0.717, 1.165) is 0 Å². The fraction of sp³-hybridized carbons (Fsp3) is 0.500. The SMILES string of the molecule is NC1(C(F)(F)F)C=CC=C(C(F)(F)F)C1. The Morgan fingerprint density at radius 2 is 1.67 bits per heavy atom. The van der Waals surface area contributed by atoms with E-state index in [-0.39, 0.29) is 0 Å². The van der Waals surface area contributed by atoms with E-state index in [4.69, 9.17) is 5.73 Å². The number of rotatable bonds is 0.